The summed E-state index contributed by atoms with van der Waals surface area (Å²) in [5.41, 5.74) is 3.04. The number of hydrogen-bond acceptors (Lipinski definition) is 2. The van der Waals surface area contributed by atoms with Crippen LogP contribution in [0.2, 0.25) is 0 Å². The summed E-state index contributed by atoms with van der Waals surface area (Å²) in [6.45, 7) is 7.87. The van der Waals surface area contributed by atoms with Crippen LogP contribution in [0.1, 0.15) is 19.4 Å². The third-order valence-corrected chi connectivity index (χ3v) is 3.80. The van der Waals surface area contributed by atoms with Crippen LogP contribution in [0, 0.1) is 10.8 Å². The highest BCUT2D eigenvalue weighted by molar-refractivity contribution is 6.20. The first-order valence-corrected chi connectivity index (χ1v) is 7.02. The molecule has 0 amide bonds. The lowest BCUT2D eigenvalue weighted by atomic mass is 9.93. The number of benzene rings is 2. The molecule has 0 fully saturated rings. The number of allylic oxidation sites excluding steroid dienone is 3. The molecule has 1 aliphatic rings. The van der Waals surface area contributed by atoms with E-state index < -0.39 is 0 Å². The number of rotatable bonds is 3. The number of nitrogens with one attached hydrogen (secondary N) is 1. The van der Waals surface area contributed by atoms with E-state index in [1.165, 1.54) is 0 Å². The molecule has 3 rings (SSSR count). The van der Waals surface area contributed by atoms with E-state index in [0.717, 1.165) is 27.6 Å². The maximum absolute atomic E-state index is 8.62. The molecule has 104 valence electrons. The molecule has 0 atom stereocenters. The monoisotopic (exact) mass is 274 g/mol. The van der Waals surface area contributed by atoms with Crippen molar-refractivity contribution in [2.24, 2.45) is 10.4 Å². The van der Waals surface area contributed by atoms with E-state index in [9.17, 15) is 0 Å². The van der Waals surface area contributed by atoms with Gasteiger partial charge in [0.2, 0.25) is 0 Å². The van der Waals surface area contributed by atoms with E-state index in [4.69, 9.17) is 5.41 Å². The molecular formula is C19H18N2. The fourth-order valence-electron chi connectivity index (χ4n) is 2.84. The van der Waals surface area contributed by atoms with Crippen LogP contribution in [0.5, 0.6) is 0 Å². The van der Waals surface area contributed by atoms with Crippen molar-refractivity contribution in [3.05, 3.63) is 71.5 Å². The molecule has 0 spiro atoms. The summed E-state index contributed by atoms with van der Waals surface area (Å²) in [5, 5.41) is 10.9. The van der Waals surface area contributed by atoms with Crippen molar-refractivity contribution in [2.45, 2.75) is 13.8 Å². The highest BCUT2D eigenvalue weighted by atomic mass is 14.7. The molecule has 0 aromatic heterocycles. The van der Waals surface area contributed by atoms with Crippen molar-refractivity contribution in [3.8, 4) is 0 Å². The summed E-state index contributed by atoms with van der Waals surface area (Å²) >= 11 is 0. The van der Waals surface area contributed by atoms with E-state index >= 15 is 0 Å². The maximum Gasteiger partial charge on any atom is 0.0709 e. The van der Waals surface area contributed by atoms with Crippen LogP contribution in [0.15, 0.2) is 70.9 Å². The highest BCUT2D eigenvalue weighted by Crippen LogP contribution is 2.36. The molecule has 0 heterocycles. The van der Waals surface area contributed by atoms with Crippen LogP contribution in [0.25, 0.3) is 10.8 Å². The number of fused-ring (bicyclic) bond motifs is 1. The van der Waals surface area contributed by atoms with Crippen LogP contribution in [0.3, 0.4) is 0 Å². The van der Waals surface area contributed by atoms with Crippen molar-refractivity contribution in [1.29, 1.82) is 5.41 Å². The van der Waals surface area contributed by atoms with Crippen LogP contribution in [-0.2, 0) is 0 Å². The van der Waals surface area contributed by atoms with Crippen molar-refractivity contribution in [3.63, 3.8) is 0 Å². The van der Waals surface area contributed by atoms with Gasteiger partial charge in [0.25, 0.3) is 0 Å². The fourth-order valence-corrected chi connectivity index (χ4v) is 2.84. The van der Waals surface area contributed by atoms with Crippen LogP contribution >= 0.6 is 0 Å². The van der Waals surface area contributed by atoms with Crippen molar-refractivity contribution in [2.75, 3.05) is 0 Å². The van der Waals surface area contributed by atoms with Crippen LogP contribution in [-0.4, -0.2) is 12.4 Å². The molecule has 0 unspecified atom stereocenters. The van der Waals surface area contributed by atoms with Crippen molar-refractivity contribution < 1.29 is 0 Å². The van der Waals surface area contributed by atoms with E-state index in [0.29, 0.717) is 5.71 Å². The second-order valence-electron chi connectivity index (χ2n) is 5.97. The average molecular weight is 274 g/mol. The van der Waals surface area contributed by atoms with E-state index in [1.54, 1.807) is 0 Å². The minimum Gasteiger partial charge on any atom is -0.300 e. The third-order valence-electron chi connectivity index (χ3n) is 3.80. The number of nitrogens with zero attached hydrogens (tertiary/aromatic N) is 1. The molecule has 1 N–H and O–H groups in total. The molecule has 2 aromatic rings. The molecule has 0 radical (unpaired) electrons. The van der Waals surface area contributed by atoms with Crippen molar-refractivity contribution >= 4 is 23.2 Å². The zero-order valence-corrected chi connectivity index (χ0v) is 12.4. The lowest BCUT2D eigenvalue weighted by molar-refractivity contribution is 0.634. The lowest BCUT2D eigenvalue weighted by Gasteiger charge is -2.11. The third kappa shape index (κ3) is 2.33. The quantitative estimate of drug-likeness (QED) is 0.784. The minimum atomic E-state index is -0.0806. The second-order valence-corrected chi connectivity index (χ2v) is 5.97. The second kappa shape index (κ2) is 4.81. The lowest BCUT2D eigenvalue weighted by Crippen LogP contribution is -2.05. The average Bonchev–Trinajstić information content (AvgIpc) is 2.81. The summed E-state index contributed by atoms with van der Waals surface area (Å²) in [4.78, 5) is 4.09. The van der Waals surface area contributed by atoms with Crippen LogP contribution < -0.4 is 0 Å². The Bertz CT molecular complexity index is 802. The minimum absolute atomic E-state index is 0.0806. The Morgan fingerprint density at radius 2 is 1.76 bits per heavy atom. The predicted octanol–water partition coefficient (Wildman–Crippen LogP) is 4.76. The van der Waals surface area contributed by atoms with Gasteiger partial charge >= 0.3 is 0 Å². The summed E-state index contributed by atoms with van der Waals surface area (Å²) in [5.74, 6) is 0. The predicted molar refractivity (Wildman–Crippen MR) is 90.3 cm³/mol. The van der Waals surface area contributed by atoms with Crippen molar-refractivity contribution in [1.82, 2.24) is 0 Å². The smallest absolute Gasteiger partial charge is 0.0709 e. The molecule has 0 saturated heterocycles. The Morgan fingerprint density at radius 3 is 2.52 bits per heavy atom. The Morgan fingerprint density at radius 1 is 1.05 bits per heavy atom. The molecular weight excluding hydrogens is 256 g/mol. The molecule has 2 nitrogen and oxygen atoms in total. The largest absolute Gasteiger partial charge is 0.300 e. The van der Waals surface area contributed by atoms with Gasteiger partial charge in [-0.15, -0.1) is 0 Å². The van der Waals surface area contributed by atoms with Gasteiger partial charge in [-0.3, -0.25) is 10.4 Å². The Labute approximate surface area is 125 Å². The zero-order valence-electron chi connectivity index (χ0n) is 12.4. The van der Waals surface area contributed by atoms with Gasteiger partial charge in [0.1, 0.15) is 0 Å². The van der Waals surface area contributed by atoms with Gasteiger partial charge in [-0.1, -0.05) is 62.4 Å². The molecule has 1 aliphatic carbocycles. The number of aliphatic imine (C=N–C) groups is 1. The zero-order chi connectivity index (χ0) is 15.0. The molecule has 0 saturated carbocycles. The van der Waals surface area contributed by atoms with E-state index in [-0.39, 0.29) is 5.41 Å². The van der Waals surface area contributed by atoms with E-state index in [2.05, 4.69) is 55.9 Å². The summed E-state index contributed by atoms with van der Waals surface area (Å²) in [6.07, 6.45) is 4.16. The molecule has 0 bridgehead atoms. The summed E-state index contributed by atoms with van der Waals surface area (Å²) < 4.78 is 0. The Hall–Kier alpha value is -2.48. The van der Waals surface area contributed by atoms with E-state index in [1.807, 2.05) is 24.3 Å². The van der Waals surface area contributed by atoms with Gasteiger partial charge in [0.15, 0.2) is 0 Å². The number of hydrogen-bond donors (Lipinski definition) is 1. The van der Waals surface area contributed by atoms with Crippen LogP contribution in [0.4, 0.5) is 0 Å². The standard InChI is InChI=1S/C19H18N2/c1-19(2)11-16(17(12-19)21-3)18(20)15-10-6-8-13-7-4-5-9-14(13)15/h4-12,20H,3H2,1-2H3. The molecule has 21 heavy (non-hydrogen) atoms. The van der Waals surface area contributed by atoms with Gasteiger partial charge in [0, 0.05) is 16.6 Å². The Kier molecular flexibility index (Phi) is 3.09. The molecule has 0 aliphatic heterocycles. The fraction of sp³-hybridized carbons (Fsp3) is 0.158. The molecule has 2 heteroatoms. The topological polar surface area (TPSA) is 36.2 Å². The van der Waals surface area contributed by atoms with Gasteiger partial charge < -0.3 is 0 Å². The first-order chi connectivity index (χ1) is 10.0. The Balaban J connectivity index is 2.14. The highest BCUT2D eigenvalue weighted by Gasteiger charge is 2.26. The normalized spacial score (nSPS) is 16.5. The van der Waals surface area contributed by atoms with Gasteiger partial charge in [0.05, 0.1) is 11.4 Å². The first kappa shape index (κ1) is 13.5. The summed E-state index contributed by atoms with van der Waals surface area (Å²) in [7, 11) is 0. The van der Waals surface area contributed by atoms with Gasteiger partial charge in [-0.2, -0.15) is 0 Å². The summed E-state index contributed by atoms with van der Waals surface area (Å²) in [6, 6.07) is 14.2. The maximum atomic E-state index is 8.62. The van der Waals surface area contributed by atoms with Gasteiger partial charge in [-0.25, -0.2) is 0 Å². The van der Waals surface area contributed by atoms with Gasteiger partial charge in [-0.05, 0) is 23.6 Å². The molecule has 2 aromatic carbocycles. The first-order valence-electron chi connectivity index (χ1n) is 7.02. The SMILES string of the molecule is C=NC1=CC(C)(C)C=C1C(=N)c1cccc2ccccc12.